The van der Waals surface area contributed by atoms with Crippen LogP contribution in [0.2, 0.25) is 10.0 Å². The zero-order valence-electron chi connectivity index (χ0n) is 13.6. The van der Waals surface area contributed by atoms with E-state index in [9.17, 15) is 9.59 Å². The van der Waals surface area contributed by atoms with Gasteiger partial charge in [-0.15, -0.1) is 4.68 Å². The predicted molar refractivity (Wildman–Crippen MR) is 100 cm³/mol. The van der Waals surface area contributed by atoms with Gasteiger partial charge in [-0.25, -0.2) is 9.59 Å². The number of para-hydroxylation sites is 1. The van der Waals surface area contributed by atoms with Gasteiger partial charge in [0, 0.05) is 17.9 Å². The fourth-order valence-corrected chi connectivity index (χ4v) is 2.99. The first-order chi connectivity index (χ1) is 12.4. The van der Waals surface area contributed by atoms with Gasteiger partial charge in [-0.05, 0) is 47.7 Å². The molecule has 2 aromatic carbocycles. The minimum absolute atomic E-state index is 0.159. The van der Waals surface area contributed by atoms with Crippen LogP contribution in [-0.2, 0) is 0 Å². The summed E-state index contributed by atoms with van der Waals surface area (Å²) in [6.07, 6.45) is 0. The van der Waals surface area contributed by atoms with E-state index < -0.39 is 11.7 Å². The van der Waals surface area contributed by atoms with Gasteiger partial charge in [0.2, 0.25) is 0 Å². The Bertz CT molecular complexity index is 1010. The van der Waals surface area contributed by atoms with E-state index in [1.54, 1.807) is 49.4 Å². The average molecular weight is 393 g/mol. The molecule has 1 heterocycles. The molecule has 0 aliphatic heterocycles. The highest BCUT2D eigenvalue weighted by atomic mass is 35.5. The molecule has 0 spiro atoms. The number of nitrogens with zero attached hydrogens (tertiary/aromatic N) is 5. The molecule has 0 saturated heterocycles. The second-order valence-corrected chi connectivity index (χ2v) is 6.09. The highest BCUT2D eigenvalue weighted by Gasteiger charge is 2.23. The Labute approximate surface area is 158 Å². The van der Waals surface area contributed by atoms with Gasteiger partial charge in [-0.3, -0.25) is 4.90 Å². The van der Waals surface area contributed by atoms with Crippen LogP contribution in [0.3, 0.4) is 0 Å². The molecular formula is C16H14Cl2N6O2. The number of hydrogen-bond donors (Lipinski definition) is 1. The molecule has 0 aliphatic rings. The molecule has 0 radical (unpaired) electrons. The highest BCUT2D eigenvalue weighted by Crippen LogP contribution is 2.26. The number of amides is 1. The van der Waals surface area contributed by atoms with Gasteiger partial charge in [0.1, 0.15) is 5.69 Å². The number of halogens is 2. The van der Waals surface area contributed by atoms with E-state index in [0.717, 1.165) is 4.68 Å². The molecule has 0 aliphatic carbocycles. The number of carbonyl (C=O) groups excluding carboxylic acids is 1. The smallest absolute Gasteiger partial charge is 0.377 e. The molecule has 26 heavy (non-hydrogen) atoms. The van der Waals surface area contributed by atoms with Gasteiger partial charge >= 0.3 is 11.7 Å². The van der Waals surface area contributed by atoms with Gasteiger partial charge in [0.15, 0.2) is 0 Å². The summed E-state index contributed by atoms with van der Waals surface area (Å²) in [6, 6.07) is 10.8. The largest absolute Gasteiger partial charge is 0.399 e. The zero-order chi connectivity index (χ0) is 18.8. The standard InChI is InChI=1S/C16H14Cl2N6O2/c1-2-22(11-6-3-5-10(19)9-11)15(25)24-16(26)23(20-21-24)14-12(17)7-4-8-13(14)18/h3-9H,2,19H2,1H3. The van der Waals surface area contributed by atoms with E-state index in [4.69, 9.17) is 28.9 Å². The molecule has 8 nitrogen and oxygen atoms in total. The molecule has 0 atom stereocenters. The summed E-state index contributed by atoms with van der Waals surface area (Å²) in [5.74, 6) is 0. The Balaban J connectivity index is 2.04. The summed E-state index contributed by atoms with van der Waals surface area (Å²) < 4.78 is 1.53. The summed E-state index contributed by atoms with van der Waals surface area (Å²) in [6.45, 7) is 2.07. The second kappa shape index (κ2) is 7.19. The molecule has 0 bridgehead atoms. The van der Waals surface area contributed by atoms with Crippen molar-refractivity contribution < 1.29 is 4.79 Å². The second-order valence-electron chi connectivity index (χ2n) is 5.28. The predicted octanol–water partition coefficient (Wildman–Crippen LogP) is 2.81. The van der Waals surface area contributed by atoms with Crippen LogP contribution in [0.1, 0.15) is 6.92 Å². The van der Waals surface area contributed by atoms with E-state index in [0.29, 0.717) is 22.6 Å². The molecule has 0 saturated carbocycles. The molecule has 0 unspecified atom stereocenters. The van der Waals surface area contributed by atoms with Crippen LogP contribution >= 0.6 is 23.2 Å². The first kappa shape index (κ1) is 18.0. The van der Waals surface area contributed by atoms with Crippen molar-refractivity contribution in [2.45, 2.75) is 6.92 Å². The van der Waals surface area contributed by atoms with Crippen molar-refractivity contribution in [1.29, 1.82) is 0 Å². The van der Waals surface area contributed by atoms with Crippen LogP contribution in [-0.4, -0.2) is 32.4 Å². The van der Waals surface area contributed by atoms with Crippen LogP contribution < -0.4 is 16.3 Å². The SMILES string of the molecule is CCN(C(=O)n1nnn(-c2c(Cl)cccc2Cl)c1=O)c1cccc(N)c1. The third-order valence-electron chi connectivity index (χ3n) is 3.64. The van der Waals surface area contributed by atoms with Crippen molar-refractivity contribution in [3.63, 3.8) is 0 Å². The summed E-state index contributed by atoms with van der Waals surface area (Å²) in [5.41, 5.74) is 6.17. The molecule has 10 heteroatoms. The maximum Gasteiger partial charge on any atom is 0.377 e. The molecule has 1 aromatic heterocycles. The van der Waals surface area contributed by atoms with Crippen LogP contribution in [0.25, 0.3) is 5.69 Å². The third-order valence-corrected chi connectivity index (χ3v) is 4.25. The number of aromatic nitrogens is 4. The zero-order valence-corrected chi connectivity index (χ0v) is 15.1. The molecule has 3 rings (SSSR count). The van der Waals surface area contributed by atoms with Crippen molar-refractivity contribution in [1.82, 2.24) is 19.8 Å². The third kappa shape index (κ3) is 3.16. The van der Waals surface area contributed by atoms with Crippen LogP contribution in [0.5, 0.6) is 0 Å². The maximum absolute atomic E-state index is 12.8. The number of nitrogens with two attached hydrogens (primary N) is 1. The molecule has 3 aromatic rings. The molecule has 134 valence electrons. The number of nitrogen functional groups attached to an aromatic ring is 1. The maximum atomic E-state index is 12.8. The quantitative estimate of drug-likeness (QED) is 0.545. The average Bonchev–Trinajstić information content (AvgIpc) is 2.97. The molecule has 0 fully saturated rings. The van der Waals surface area contributed by atoms with E-state index >= 15 is 0 Å². The topological polar surface area (TPSA) is 99.0 Å². The number of anilines is 2. The fraction of sp³-hybridized carbons (Fsp3) is 0.125. The minimum Gasteiger partial charge on any atom is -0.399 e. The van der Waals surface area contributed by atoms with Crippen LogP contribution in [0, 0.1) is 0 Å². The fourth-order valence-electron chi connectivity index (χ4n) is 2.43. The van der Waals surface area contributed by atoms with Gasteiger partial charge in [-0.2, -0.15) is 4.68 Å². The summed E-state index contributed by atoms with van der Waals surface area (Å²) in [4.78, 5) is 26.8. The monoisotopic (exact) mass is 392 g/mol. The van der Waals surface area contributed by atoms with Crippen LogP contribution in [0.4, 0.5) is 16.2 Å². The minimum atomic E-state index is -0.785. The van der Waals surface area contributed by atoms with Gasteiger partial charge in [0.25, 0.3) is 0 Å². The van der Waals surface area contributed by atoms with Gasteiger partial charge < -0.3 is 5.73 Å². The van der Waals surface area contributed by atoms with Gasteiger partial charge in [0.05, 0.1) is 10.0 Å². The summed E-state index contributed by atoms with van der Waals surface area (Å²) in [5, 5.41) is 7.82. The van der Waals surface area contributed by atoms with Crippen LogP contribution in [0.15, 0.2) is 47.3 Å². The Morgan fingerprint density at radius 1 is 1.15 bits per heavy atom. The lowest BCUT2D eigenvalue weighted by atomic mass is 10.2. The number of hydrogen-bond acceptors (Lipinski definition) is 5. The molecule has 2 N–H and O–H groups in total. The Kier molecular flexibility index (Phi) is 4.97. The molecule has 1 amide bonds. The number of tetrazole rings is 1. The Hall–Kier alpha value is -2.84. The van der Waals surface area contributed by atoms with E-state index in [1.807, 2.05) is 0 Å². The van der Waals surface area contributed by atoms with Crippen molar-refractivity contribution in [3.8, 4) is 5.69 Å². The lowest BCUT2D eigenvalue weighted by molar-refractivity contribution is 0.244. The van der Waals surface area contributed by atoms with E-state index in [-0.39, 0.29) is 15.7 Å². The summed E-state index contributed by atoms with van der Waals surface area (Å²) >= 11 is 12.2. The number of benzene rings is 2. The lowest BCUT2D eigenvalue weighted by Gasteiger charge is -2.19. The molecular weight excluding hydrogens is 379 g/mol. The Morgan fingerprint density at radius 2 is 1.81 bits per heavy atom. The number of rotatable bonds is 3. The number of carbonyl (C=O) groups is 1. The summed E-state index contributed by atoms with van der Waals surface area (Å²) in [7, 11) is 0. The normalized spacial score (nSPS) is 10.7. The first-order valence-corrected chi connectivity index (χ1v) is 8.36. The van der Waals surface area contributed by atoms with Crippen molar-refractivity contribution in [2.24, 2.45) is 0 Å². The highest BCUT2D eigenvalue weighted by molar-refractivity contribution is 6.37. The lowest BCUT2D eigenvalue weighted by Crippen LogP contribution is -2.41. The van der Waals surface area contributed by atoms with Crippen molar-refractivity contribution in [2.75, 3.05) is 17.2 Å². The van der Waals surface area contributed by atoms with E-state index in [2.05, 4.69) is 10.4 Å². The van der Waals surface area contributed by atoms with Crippen molar-refractivity contribution in [3.05, 3.63) is 63.0 Å². The Morgan fingerprint density at radius 3 is 2.42 bits per heavy atom. The van der Waals surface area contributed by atoms with Gasteiger partial charge in [-0.1, -0.05) is 35.3 Å². The van der Waals surface area contributed by atoms with E-state index in [1.165, 1.54) is 4.90 Å². The van der Waals surface area contributed by atoms with Crippen molar-refractivity contribution >= 4 is 40.6 Å². The first-order valence-electron chi connectivity index (χ1n) is 7.61.